The van der Waals surface area contributed by atoms with Gasteiger partial charge in [0.2, 0.25) is 5.78 Å². The lowest BCUT2D eigenvalue weighted by molar-refractivity contribution is 0.103. The van der Waals surface area contributed by atoms with E-state index in [9.17, 15) is 4.79 Å². The summed E-state index contributed by atoms with van der Waals surface area (Å²) in [6, 6.07) is 3.72. The van der Waals surface area contributed by atoms with Crippen LogP contribution in [0.5, 0.6) is 5.75 Å². The number of ether oxygens (including phenoxy) is 1. The Balaban J connectivity index is 2.56. The van der Waals surface area contributed by atoms with E-state index in [2.05, 4.69) is 9.59 Å². The van der Waals surface area contributed by atoms with Crippen LogP contribution >= 0.6 is 11.5 Å². The predicted octanol–water partition coefficient (Wildman–Crippen LogP) is 2.70. The van der Waals surface area contributed by atoms with Crippen molar-refractivity contribution in [3.63, 3.8) is 0 Å². The topological polar surface area (TPSA) is 52.1 Å². The van der Waals surface area contributed by atoms with Gasteiger partial charge < -0.3 is 4.74 Å². The molecule has 1 heterocycles. The van der Waals surface area contributed by atoms with Crippen LogP contribution in [0, 0.1) is 20.8 Å². The lowest BCUT2D eigenvalue weighted by atomic mass is 10.0. The van der Waals surface area contributed by atoms with Gasteiger partial charge in [0.15, 0.2) is 0 Å². The van der Waals surface area contributed by atoms with Crippen molar-refractivity contribution in [2.75, 3.05) is 7.11 Å². The number of aromatic nitrogens is 2. The average Bonchev–Trinajstić information content (AvgIpc) is 2.78. The number of carbonyl (C=O) groups is 1. The zero-order chi connectivity index (χ0) is 13.3. The average molecular weight is 262 g/mol. The second-order valence-corrected chi connectivity index (χ2v) is 4.86. The third kappa shape index (κ3) is 2.01. The molecule has 2 rings (SSSR count). The first-order valence-corrected chi connectivity index (χ1v) is 6.31. The van der Waals surface area contributed by atoms with Crippen LogP contribution in [0.15, 0.2) is 12.1 Å². The predicted molar refractivity (Wildman–Crippen MR) is 70.5 cm³/mol. The smallest absolute Gasteiger partial charge is 0.210 e. The Morgan fingerprint density at radius 3 is 2.56 bits per heavy atom. The summed E-state index contributed by atoms with van der Waals surface area (Å²) in [5, 5.41) is 3.87. The number of aryl methyl sites for hydroxylation is 2. The lowest BCUT2D eigenvalue weighted by Crippen LogP contribution is -2.05. The van der Waals surface area contributed by atoms with Crippen LogP contribution < -0.4 is 4.74 Å². The molecule has 18 heavy (non-hydrogen) atoms. The van der Waals surface area contributed by atoms with Gasteiger partial charge in [0.05, 0.1) is 18.4 Å². The van der Waals surface area contributed by atoms with E-state index in [-0.39, 0.29) is 5.78 Å². The van der Waals surface area contributed by atoms with Gasteiger partial charge in [0.25, 0.3) is 0 Å². The highest BCUT2D eigenvalue weighted by atomic mass is 32.1. The molecule has 0 N–H and O–H groups in total. The highest BCUT2D eigenvalue weighted by molar-refractivity contribution is 7.08. The van der Waals surface area contributed by atoms with Gasteiger partial charge in [-0.15, -0.1) is 5.10 Å². The molecule has 0 unspecified atom stereocenters. The Morgan fingerprint density at radius 2 is 2.00 bits per heavy atom. The summed E-state index contributed by atoms with van der Waals surface area (Å²) in [5.74, 6) is 0.551. The monoisotopic (exact) mass is 262 g/mol. The van der Waals surface area contributed by atoms with E-state index in [1.165, 1.54) is 0 Å². The zero-order valence-corrected chi connectivity index (χ0v) is 11.6. The molecule has 0 atom stereocenters. The number of methoxy groups -OCH3 is 1. The molecule has 5 heteroatoms. The maximum absolute atomic E-state index is 12.4. The van der Waals surface area contributed by atoms with Crippen LogP contribution in [0.1, 0.15) is 32.1 Å². The summed E-state index contributed by atoms with van der Waals surface area (Å²) < 4.78 is 9.15. The standard InChI is InChI=1S/C13H14N2O2S/c1-7-5-6-10(12(17-4)8(7)2)11(16)13-9(3)14-15-18-13/h5-6H,1-4H3. The number of hydrogen-bond donors (Lipinski definition) is 0. The van der Waals surface area contributed by atoms with Gasteiger partial charge in [0.1, 0.15) is 10.6 Å². The van der Waals surface area contributed by atoms with Gasteiger partial charge in [0, 0.05) is 0 Å². The van der Waals surface area contributed by atoms with Crippen molar-refractivity contribution in [2.24, 2.45) is 0 Å². The van der Waals surface area contributed by atoms with Crippen molar-refractivity contribution >= 4 is 17.3 Å². The maximum Gasteiger partial charge on any atom is 0.210 e. The van der Waals surface area contributed by atoms with Crippen molar-refractivity contribution in [1.82, 2.24) is 9.59 Å². The van der Waals surface area contributed by atoms with Gasteiger partial charge in [-0.25, -0.2) is 0 Å². The van der Waals surface area contributed by atoms with E-state index in [0.29, 0.717) is 21.9 Å². The molecule has 0 aliphatic carbocycles. The Hall–Kier alpha value is -1.75. The molecule has 1 aromatic carbocycles. The minimum atomic E-state index is -0.0811. The van der Waals surface area contributed by atoms with E-state index in [1.807, 2.05) is 19.9 Å². The number of nitrogens with zero attached hydrogens (tertiary/aromatic N) is 2. The molecule has 0 fully saturated rings. The molecule has 0 aliphatic heterocycles. The SMILES string of the molecule is COc1c(C(=O)c2snnc2C)ccc(C)c1C. The number of hydrogen-bond acceptors (Lipinski definition) is 5. The third-order valence-electron chi connectivity index (χ3n) is 2.98. The molecule has 1 aromatic heterocycles. The Kier molecular flexibility index (Phi) is 3.43. The largest absolute Gasteiger partial charge is 0.496 e. The van der Waals surface area contributed by atoms with Crippen molar-refractivity contribution < 1.29 is 9.53 Å². The third-order valence-corrected chi connectivity index (χ3v) is 3.81. The maximum atomic E-state index is 12.4. The minimum absolute atomic E-state index is 0.0811. The van der Waals surface area contributed by atoms with Crippen LogP contribution in [0.25, 0.3) is 0 Å². The molecule has 0 aliphatic rings. The van der Waals surface area contributed by atoms with Gasteiger partial charge in [-0.1, -0.05) is 10.6 Å². The van der Waals surface area contributed by atoms with Crippen LogP contribution in [0.3, 0.4) is 0 Å². The number of benzene rings is 1. The zero-order valence-electron chi connectivity index (χ0n) is 10.8. The first kappa shape index (κ1) is 12.7. The summed E-state index contributed by atoms with van der Waals surface area (Å²) in [5.41, 5.74) is 3.31. The molecule has 0 bridgehead atoms. The number of rotatable bonds is 3. The van der Waals surface area contributed by atoms with E-state index in [0.717, 1.165) is 22.7 Å². The summed E-state index contributed by atoms with van der Waals surface area (Å²) >= 11 is 1.12. The Morgan fingerprint density at radius 1 is 1.28 bits per heavy atom. The fraction of sp³-hybridized carbons (Fsp3) is 0.308. The highest BCUT2D eigenvalue weighted by Gasteiger charge is 2.20. The van der Waals surface area contributed by atoms with E-state index >= 15 is 0 Å². The van der Waals surface area contributed by atoms with E-state index in [1.54, 1.807) is 20.1 Å². The summed E-state index contributed by atoms with van der Waals surface area (Å²) in [6.45, 7) is 5.72. The van der Waals surface area contributed by atoms with Crippen molar-refractivity contribution in [2.45, 2.75) is 20.8 Å². The van der Waals surface area contributed by atoms with Gasteiger partial charge >= 0.3 is 0 Å². The van der Waals surface area contributed by atoms with Gasteiger partial charge in [-0.2, -0.15) is 0 Å². The molecular formula is C13H14N2O2S. The van der Waals surface area contributed by atoms with Gasteiger partial charge in [-0.05, 0) is 49.5 Å². The van der Waals surface area contributed by atoms with Crippen molar-refractivity contribution in [3.8, 4) is 5.75 Å². The normalized spacial score (nSPS) is 10.4. The van der Waals surface area contributed by atoms with Crippen molar-refractivity contribution in [3.05, 3.63) is 39.4 Å². The lowest BCUT2D eigenvalue weighted by Gasteiger charge is -2.12. The molecule has 0 saturated carbocycles. The molecule has 94 valence electrons. The van der Waals surface area contributed by atoms with E-state index in [4.69, 9.17) is 4.74 Å². The summed E-state index contributed by atoms with van der Waals surface area (Å²) in [4.78, 5) is 13.0. The summed E-state index contributed by atoms with van der Waals surface area (Å²) in [6.07, 6.45) is 0. The number of carbonyl (C=O) groups excluding carboxylic acids is 1. The van der Waals surface area contributed by atoms with Crippen LogP contribution in [-0.4, -0.2) is 22.5 Å². The molecule has 0 saturated heterocycles. The second kappa shape index (κ2) is 4.86. The Bertz CT molecular complexity index is 605. The van der Waals surface area contributed by atoms with Crippen LogP contribution in [-0.2, 0) is 0 Å². The molecule has 0 spiro atoms. The molecule has 4 nitrogen and oxygen atoms in total. The molecule has 0 amide bonds. The fourth-order valence-electron chi connectivity index (χ4n) is 1.79. The van der Waals surface area contributed by atoms with Crippen LogP contribution in [0.2, 0.25) is 0 Å². The highest BCUT2D eigenvalue weighted by Crippen LogP contribution is 2.29. The minimum Gasteiger partial charge on any atom is -0.496 e. The first-order valence-electron chi connectivity index (χ1n) is 5.54. The molecule has 2 aromatic rings. The first-order chi connectivity index (χ1) is 8.56. The quantitative estimate of drug-likeness (QED) is 0.798. The van der Waals surface area contributed by atoms with Gasteiger partial charge in [-0.3, -0.25) is 4.79 Å². The fourth-order valence-corrected chi connectivity index (χ4v) is 2.40. The molecule has 0 radical (unpaired) electrons. The van der Waals surface area contributed by atoms with E-state index < -0.39 is 0 Å². The van der Waals surface area contributed by atoms with Crippen molar-refractivity contribution in [1.29, 1.82) is 0 Å². The second-order valence-electron chi connectivity index (χ2n) is 4.10. The number of ketones is 1. The van der Waals surface area contributed by atoms with Crippen LogP contribution in [0.4, 0.5) is 0 Å². The summed E-state index contributed by atoms with van der Waals surface area (Å²) in [7, 11) is 1.58. The molecular weight excluding hydrogens is 248 g/mol. The Labute approximate surface area is 110 Å².